The summed E-state index contributed by atoms with van der Waals surface area (Å²) in [6, 6.07) is 11.8. The van der Waals surface area contributed by atoms with Gasteiger partial charge in [0.1, 0.15) is 6.54 Å². The molecule has 9 heteroatoms. The molecular formula is C23H21F3N2O3S. The van der Waals surface area contributed by atoms with Crippen molar-refractivity contribution in [2.45, 2.75) is 30.0 Å². The van der Waals surface area contributed by atoms with Crippen LogP contribution in [-0.4, -0.2) is 37.6 Å². The molecule has 32 heavy (non-hydrogen) atoms. The number of nitrogens with one attached hydrogen (secondary N) is 1. The highest BCUT2D eigenvalue weighted by Gasteiger charge is 2.32. The Hall–Kier alpha value is -2.78. The number of fused-ring (bicyclic) bond motifs is 1. The van der Waals surface area contributed by atoms with Gasteiger partial charge in [0.05, 0.1) is 22.3 Å². The van der Waals surface area contributed by atoms with Crippen molar-refractivity contribution >= 4 is 35.3 Å². The Kier molecular flexibility index (Phi) is 6.57. The number of hydrogen-bond acceptors (Lipinski definition) is 4. The van der Waals surface area contributed by atoms with Crippen molar-refractivity contribution in [1.29, 1.82) is 0 Å². The molecular weight excluding hydrogens is 441 g/mol. The Labute approximate surface area is 187 Å². The van der Waals surface area contributed by atoms with Crippen LogP contribution < -0.4 is 10.2 Å². The van der Waals surface area contributed by atoms with Crippen LogP contribution in [-0.2, 0) is 20.5 Å². The SMILES string of the molecule is O=C(CN1C(=O)/C(=C\c2ccc(C(F)(F)F)cc2)Sc2ccccc21)NC[C@@H]1CCCO1. The third-order valence-corrected chi connectivity index (χ3v) is 6.30. The molecule has 1 saturated heterocycles. The molecule has 168 valence electrons. The maximum atomic E-state index is 13.2. The van der Waals surface area contributed by atoms with E-state index in [0.29, 0.717) is 29.3 Å². The van der Waals surface area contributed by atoms with E-state index in [4.69, 9.17) is 4.74 Å². The number of rotatable bonds is 5. The molecule has 1 atom stereocenters. The summed E-state index contributed by atoms with van der Waals surface area (Å²) in [5.41, 5.74) is 0.340. The van der Waals surface area contributed by atoms with Gasteiger partial charge in [-0.25, -0.2) is 0 Å². The first-order chi connectivity index (χ1) is 15.3. The first-order valence-corrected chi connectivity index (χ1v) is 11.0. The minimum Gasteiger partial charge on any atom is -0.376 e. The predicted octanol–water partition coefficient (Wildman–Crippen LogP) is 4.48. The minimum atomic E-state index is -4.42. The molecule has 1 fully saturated rings. The summed E-state index contributed by atoms with van der Waals surface area (Å²) in [5, 5.41) is 2.82. The van der Waals surface area contributed by atoms with Gasteiger partial charge in [-0.3, -0.25) is 14.5 Å². The summed E-state index contributed by atoms with van der Waals surface area (Å²) in [4.78, 5) is 28.2. The van der Waals surface area contributed by atoms with E-state index in [-0.39, 0.29) is 24.5 Å². The number of benzene rings is 2. The highest BCUT2D eigenvalue weighted by atomic mass is 32.2. The van der Waals surface area contributed by atoms with Crippen molar-refractivity contribution in [3.63, 3.8) is 0 Å². The topological polar surface area (TPSA) is 58.6 Å². The molecule has 2 aliphatic heterocycles. The van der Waals surface area contributed by atoms with Crippen molar-refractivity contribution < 1.29 is 27.5 Å². The molecule has 0 radical (unpaired) electrons. The van der Waals surface area contributed by atoms with E-state index in [1.54, 1.807) is 18.2 Å². The molecule has 2 aromatic carbocycles. The van der Waals surface area contributed by atoms with E-state index in [2.05, 4.69) is 5.32 Å². The van der Waals surface area contributed by atoms with Crippen LogP contribution in [0.25, 0.3) is 6.08 Å². The van der Waals surface area contributed by atoms with Crippen LogP contribution in [0.1, 0.15) is 24.0 Å². The van der Waals surface area contributed by atoms with E-state index in [1.807, 2.05) is 12.1 Å². The molecule has 0 saturated carbocycles. The van der Waals surface area contributed by atoms with Gasteiger partial charge in [-0.05, 0) is 48.7 Å². The molecule has 0 aliphatic carbocycles. The fraction of sp³-hybridized carbons (Fsp3) is 0.304. The van der Waals surface area contributed by atoms with Gasteiger partial charge in [0, 0.05) is 18.0 Å². The number of para-hydroxylation sites is 1. The van der Waals surface area contributed by atoms with E-state index >= 15 is 0 Å². The van der Waals surface area contributed by atoms with Gasteiger partial charge in [-0.1, -0.05) is 36.0 Å². The number of carbonyl (C=O) groups excluding carboxylic acids is 2. The summed E-state index contributed by atoms with van der Waals surface area (Å²) in [6.45, 7) is 0.923. The molecule has 0 spiro atoms. The maximum absolute atomic E-state index is 13.2. The van der Waals surface area contributed by atoms with Gasteiger partial charge in [0.2, 0.25) is 5.91 Å². The first kappa shape index (κ1) is 22.4. The predicted molar refractivity (Wildman–Crippen MR) is 116 cm³/mol. The quantitative estimate of drug-likeness (QED) is 0.666. The summed E-state index contributed by atoms with van der Waals surface area (Å²) in [5.74, 6) is -0.676. The Morgan fingerprint density at radius 2 is 1.94 bits per heavy atom. The largest absolute Gasteiger partial charge is 0.416 e. The molecule has 5 nitrogen and oxygen atoms in total. The lowest BCUT2D eigenvalue weighted by atomic mass is 10.1. The van der Waals surface area contributed by atoms with E-state index in [9.17, 15) is 22.8 Å². The van der Waals surface area contributed by atoms with Crippen LogP contribution in [0.5, 0.6) is 0 Å². The molecule has 0 aromatic heterocycles. The van der Waals surface area contributed by atoms with Crippen LogP contribution in [0.15, 0.2) is 58.3 Å². The third-order valence-electron chi connectivity index (χ3n) is 5.22. The third kappa shape index (κ3) is 5.16. The summed E-state index contributed by atoms with van der Waals surface area (Å²) in [7, 11) is 0. The average Bonchev–Trinajstić information content (AvgIpc) is 3.29. The number of thioether (sulfide) groups is 1. The standard InChI is InChI=1S/C23H21F3N2O3S/c24-23(25,26)16-9-7-15(8-10-16)12-20-22(30)28(18-5-1-2-6-19(18)32-20)14-21(29)27-13-17-4-3-11-31-17/h1-2,5-10,12,17H,3-4,11,13-14H2,(H,27,29)/b20-12+/t17-/m0/s1. The summed E-state index contributed by atoms with van der Waals surface area (Å²) < 4.78 is 43.9. The zero-order chi connectivity index (χ0) is 22.7. The van der Waals surface area contributed by atoms with Crippen molar-refractivity contribution in [1.82, 2.24) is 5.32 Å². The second-order valence-electron chi connectivity index (χ2n) is 7.53. The number of amides is 2. The lowest BCUT2D eigenvalue weighted by Gasteiger charge is -2.30. The second kappa shape index (κ2) is 9.38. The Morgan fingerprint density at radius 1 is 1.19 bits per heavy atom. The molecule has 0 unspecified atom stereocenters. The van der Waals surface area contributed by atoms with E-state index in [1.165, 1.54) is 28.8 Å². The molecule has 1 N–H and O–H groups in total. The van der Waals surface area contributed by atoms with Gasteiger partial charge in [0.15, 0.2) is 0 Å². The number of alkyl halides is 3. The highest BCUT2D eigenvalue weighted by Crippen LogP contribution is 2.42. The zero-order valence-electron chi connectivity index (χ0n) is 17.0. The molecule has 2 aliphatic rings. The molecule has 2 heterocycles. The number of carbonyl (C=O) groups is 2. The normalized spacial score (nSPS) is 19.8. The van der Waals surface area contributed by atoms with E-state index < -0.39 is 11.7 Å². The minimum absolute atomic E-state index is 0.00558. The number of ether oxygens (including phenoxy) is 1. The van der Waals surface area contributed by atoms with E-state index in [0.717, 1.165) is 29.9 Å². The van der Waals surface area contributed by atoms with Gasteiger partial charge in [0.25, 0.3) is 5.91 Å². The Morgan fingerprint density at radius 3 is 2.62 bits per heavy atom. The van der Waals surface area contributed by atoms with Crippen LogP contribution in [0.4, 0.5) is 18.9 Å². The molecule has 2 amide bonds. The van der Waals surface area contributed by atoms with Crippen LogP contribution in [0.3, 0.4) is 0 Å². The Bertz CT molecular complexity index is 1030. The zero-order valence-corrected chi connectivity index (χ0v) is 17.8. The fourth-order valence-electron chi connectivity index (χ4n) is 3.57. The fourth-order valence-corrected chi connectivity index (χ4v) is 4.63. The number of halogens is 3. The lowest BCUT2D eigenvalue weighted by molar-refractivity contribution is -0.137. The smallest absolute Gasteiger partial charge is 0.376 e. The van der Waals surface area contributed by atoms with Crippen LogP contribution in [0, 0.1) is 0 Å². The summed E-state index contributed by atoms with van der Waals surface area (Å²) >= 11 is 1.23. The van der Waals surface area contributed by atoms with Gasteiger partial charge in [-0.15, -0.1) is 0 Å². The van der Waals surface area contributed by atoms with Gasteiger partial charge < -0.3 is 10.1 Å². The lowest BCUT2D eigenvalue weighted by Crippen LogP contribution is -2.44. The molecule has 4 rings (SSSR count). The van der Waals surface area contributed by atoms with Gasteiger partial charge >= 0.3 is 6.18 Å². The summed E-state index contributed by atoms with van der Waals surface area (Å²) in [6.07, 6.45) is -1.03. The van der Waals surface area contributed by atoms with Crippen molar-refractivity contribution in [3.05, 3.63) is 64.6 Å². The van der Waals surface area contributed by atoms with Crippen LogP contribution >= 0.6 is 11.8 Å². The monoisotopic (exact) mass is 462 g/mol. The van der Waals surface area contributed by atoms with Gasteiger partial charge in [-0.2, -0.15) is 13.2 Å². The van der Waals surface area contributed by atoms with Crippen molar-refractivity contribution in [2.24, 2.45) is 0 Å². The number of nitrogens with zero attached hydrogens (tertiary/aromatic N) is 1. The van der Waals surface area contributed by atoms with Crippen molar-refractivity contribution in [3.8, 4) is 0 Å². The van der Waals surface area contributed by atoms with Crippen molar-refractivity contribution in [2.75, 3.05) is 24.6 Å². The first-order valence-electron chi connectivity index (χ1n) is 10.2. The maximum Gasteiger partial charge on any atom is 0.416 e. The highest BCUT2D eigenvalue weighted by molar-refractivity contribution is 8.04. The Balaban J connectivity index is 1.53. The number of hydrogen-bond donors (Lipinski definition) is 1. The molecule has 0 bridgehead atoms. The van der Waals surface area contributed by atoms with Crippen LogP contribution in [0.2, 0.25) is 0 Å². The molecule has 2 aromatic rings. The second-order valence-corrected chi connectivity index (χ2v) is 8.61. The number of anilines is 1. The average molecular weight is 462 g/mol.